The molecule has 2 aliphatic rings. The van der Waals surface area contributed by atoms with Crippen molar-refractivity contribution in [3.63, 3.8) is 0 Å². The van der Waals surface area contributed by atoms with Crippen molar-refractivity contribution in [1.82, 2.24) is 20.2 Å². The largest absolute Gasteiger partial charge is 0.457 e. The summed E-state index contributed by atoms with van der Waals surface area (Å²) in [6.07, 6.45) is 1.58. The van der Waals surface area contributed by atoms with Crippen LogP contribution in [0, 0.1) is 5.92 Å². The molecule has 4 heterocycles. The molecule has 4 aromatic rings. The molecule has 6 rings (SSSR count). The summed E-state index contributed by atoms with van der Waals surface area (Å²) < 4.78 is 13.2. The van der Waals surface area contributed by atoms with Crippen molar-refractivity contribution in [1.29, 1.82) is 0 Å². The van der Waals surface area contributed by atoms with Gasteiger partial charge < -0.3 is 30.4 Å². The highest BCUT2D eigenvalue weighted by molar-refractivity contribution is 5.93. The minimum Gasteiger partial charge on any atom is -0.457 e. The van der Waals surface area contributed by atoms with Crippen LogP contribution in [0.3, 0.4) is 0 Å². The molecular formula is C39H43N5O7. The first-order valence-corrected chi connectivity index (χ1v) is 17.5. The number of para-hydroxylation sites is 1. The molecule has 2 amide bonds. The van der Waals surface area contributed by atoms with Gasteiger partial charge in [0.15, 0.2) is 0 Å². The van der Waals surface area contributed by atoms with E-state index < -0.39 is 41.4 Å². The second-order valence-corrected chi connectivity index (χ2v) is 13.5. The quantitative estimate of drug-likeness (QED) is 0.123. The van der Waals surface area contributed by atoms with Crippen LogP contribution in [0.2, 0.25) is 0 Å². The van der Waals surface area contributed by atoms with E-state index >= 15 is 0 Å². The third-order valence-corrected chi connectivity index (χ3v) is 9.68. The van der Waals surface area contributed by atoms with Gasteiger partial charge in [0.1, 0.15) is 18.7 Å². The third-order valence-electron chi connectivity index (χ3n) is 9.68. The van der Waals surface area contributed by atoms with Crippen LogP contribution in [-0.2, 0) is 53.8 Å². The summed E-state index contributed by atoms with van der Waals surface area (Å²) in [5.41, 5.74) is 7.40. The van der Waals surface area contributed by atoms with Crippen molar-refractivity contribution < 1.29 is 28.7 Å². The summed E-state index contributed by atoms with van der Waals surface area (Å²) in [6.45, 7) is 5.61. The molecule has 0 bridgehead atoms. The van der Waals surface area contributed by atoms with Gasteiger partial charge in [0.2, 0.25) is 17.4 Å². The lowest BCUT2D eigenvalue weighted by molar-refractivity contribution is -0.191. The topological polar surface area (TPSA) is 172 Å². The Bertz CT molecular complexity index is 2040. The lowest BCUT2D eigenvalue weighted by Gasteiger charge is -2.37. The maximum atomic E-state index is 14.1. The predicted molar refractivity (Wildman–Crippen MR) is 190 cm³/mol. The molecule has 51 heavy (non-hydrogen) atoms. The number of fused-ring (bicyclic) bond motifs is 5. The number of cyclic esters (lactones) is 1. The fourth-order valence-corrected chi connectivity index (χ4v) is 6.86. The molecule has 2 aromatic carbocycles. The van der Waals surface area contributed by atoms with Crippen molar-refractivity contribution in [2.24, 2.45) is 11.7 Å². The Hall–Kier alpha value is -5.36. The van der Waals surface area contributed by atoms with Crippen LogP contribution >= 0.6 is 0 Å². The van der Waals surface area contributed by atoms with Crippen LogP contribution in [0.1, 0.15) is 68.7 Å². The first-order valence-electron chi connectivity index (χ1n) is 17.5. The van der Waals surface area contributed by atoms with Crippen molar-refractivity contribution in [2.45, 2.75) is 83.7 Å². The number of unbranched alkanes of at least 4 members (excludes halogenated alkanes) is 1. The maximum Gasteiger partial charge on any atom is 0.355 e. The molecule has 2 aromatic heterocycles. The number of ether oxygens (including phenoxy) is 2. The van der Waals surface area contributed by atoms with Gasteiger partial charge in [0, 0.05) is 16.5 Å². The zero-order valence-corrected chi connectivity index (χ0v) is 29.1. The zero-order valence-electron chi connectivity index (χ0n) is 29.1. The van der Waals surface area contributed by atoms with Crippen LogP contribution in [0.5, 0.6) is 0 Å². The number of pyridine rings is 2. The van der Waals surface area contributed by atoms with Gasteiger partial charge in [-0.15, -0.1) is 0 Å². The zero-order chi connectivity index (χ0) is 36.3. The number of hydrogen-bond donors (Lipinski definition) is 3. The Kier molecular flexibility index (Phi) is 10.3. The fourth-order valence-electron chi connectivity index (χ4n) is 6.86. The summed E-state index contributed by atoms with van der Waals surface area (Å²) in [7, 11) is 0. The number of amides is 2. The molecule has 0 aliphatic carbocycles. The molecule has 0 radical (unpaired) electrons. The van der Waals surface area contributed by atoms with E-state index in [2.05, 4.69) is 10.6 Å². The van der Waals surface area contributed by atoms with Gasteiger partial charge >= 0.3 is 11.9 Å². The number of hydrogen-bond acceptors (Lipinski definition) is 9. The lowest BCUT2D eigenvalue weighted by atomic mass is 9.85. The smallest absolute Gasteiger partial charge is 0.355 e. The van der Waals surface area contributed by atoms with Crippen LogP contribution in [0.15, 0.2) is 71.5 Å². The van der Waals surface area contributed by atoms with E-state index in [0.29, 0.717) is 43.7 Å². The molecule has 4 N–H and O–H groups in total. The first-order chi connectivity index (χ1) is 24.6. The van der Waals surface area contributed by atoms with Crippen molar-refractivity contribution in [3.05, 3.63) is 99.3 Å². The average Bonchev–Trinajstić information content (AvgIpc) is 3.48. The Morgan fingerprint density at radius 2 is 1.76 bits per heavy atom. The van der Waals surface area contributed by atoms with E-state index in [1.807, 2.05) is 60.7 Å². The number of aromatic nitrogens is 2. The first kappa shape index (κ1) is 35.5. The Morgan fingerprint density at radius 3 is 2.49 bits per heavy atom. The van der Waals surface area contributed by atoms with Crippen molar-refractivity contribution in [2.75, 3.05) is 6.54 Å². The number of nitrogens with one attached hydrogen (secondary N) is 2. The summed E-state index contributed by atoms with van der Waals surface area (Å²) in [6, 6.07) is 18.4. The Labute approximate surface area is 295 Å². The van der Waals surface area contributed by atoms with Gasteiger partial charge in [-0.1, -0.05) is 69.3 Å². The predicted octanol–water partition coefficient (Wildman–Crippen LogP) is 3.63. The minimum atomic E-state index is -1.94. The van der Waals surface area contributed by atoms with Gasteiger partial charge in [-0.3, -0.25) is 14.4 Å². The second kappa shape index (κ2) is 14.9. The molecule has 12 heteroatoms. The molecule has 0 saturated heterocycles. The molecule has 0 spiro atoms. The monoisotopic (exact) mass is 693 g/mol. The van der Waals surface area contributed by atoms with Gasteiger partial charge in [0.05, 0.1) is 35.4 Å². The number of carbonyl (C=O) groups excluding carboxylic acids is 4. The summed E-state index contributed by atoms with van der Waals surface area (Å²) >= 11 is 0. The number of nitrogens with zero attached hydrogens (tertiary/aromatic N) is 2. The number of benzene rings is 2. The molecular weight excluding hydrogens is 650 g/mol. The molecule has 12 nitrogen and oxygen atoms in total. The Morgan fingerprint density at radius 1 is 1.02 bits per heavy atom. The summed E-state index contributed by atoms with van der Waals surface area (Å²) in [5, 5.41) is 6.53. The van der Waals surface area contributed by atoms with E-state index in [9.17, 15) is 24.0 Å². The summed E-state index contributed by atoms with van der Waals surface area (Å²) in [5.74, 6) is -3.04. The third kappa shape index (κ3) is 7.01. The van der Waals surface area contributed by atoms with Crippen LogP contribution in [-0.4, -0.2) is 51.9 Å². The van der Waals surface area contributed by atoms with Crippen LogP contribution < -0.4 is 21.9 Å². The highest BCUT2D eigenvalue weighted by atomic mass is 16.6. The lowest BCUT2D eigenvalue weighted by Crippen LogP contribution is -2.56. The molecule has 2 aliphatic heterocycles. The number of rotatable bonds is 13. The van der Waals surface area contributed by atoms with E-state index in [1.165, 1.54) is 0 Å². The maximum absolute atomic E-state index is 14.1. The number of nitrogens with two attached hydrogens (primary N) is 1. The van der Waals surface area contributed by atoms with Gasteiger partial charge in [-0.05, 0) is 61.9 Å². The van der Waals surface area contributed by atoms with Crippen molar-refractivity contribution >= 4 is 34.7 Å². The highest BCUT2D eigenvalue weighted by Crippen LogP contribution is 2.41. The van der Waals surface area contributed by atoms with E-state index in [1.54, 1.807) is 31.4 Å². The fraction of sp³-hybridized carbons (Fsp3) is 0.385. The van der Waals surface area contributed by atoms with Crippen LogP contribution in [0.4, 0.5) is 0 Å². The normalized spacial score (nSPS) is 17.2. The SMILES string of the molecule is CC[C@@]1(OC(=O)C(NC(=O)C(CCCCN)NC(=O)Cc2ccccc2)C(C)C)C(=O)OCc2c1cc1n(c2=O)Cc2cc3ccccc3nc2-1. The molecule has 266 valence electrons. The van der Waals surface area contributed by atoms with E-state index in [-0.39, 0.29) is 42.0 Å². The number of esters is 2. The van der Waals surface area contributed by atoms with Gasteiger partial charge in [-0.2, -0.15) is 0 Å². The van der Waals surface area contributed by atoms with E-state index in [0.717, 1.165) is 22.0 Å². The second-order valence-electron chi connectivity index (χ2n) is 13.5. The van der Waals surface area contributed by atoms with Gasteiger partial charge in [-0.25, -0.2) is 14.6 Å². The average molecular weight is 694 g/mol. The molecule has 0 saturated carbocycles. The van der Waals surface area contributed by atoms with E-state index in [4.69, 9.17) is 20.2 Å². The number of carbonyl (C=O) groups is 4. The Balaban J connectivity index is 1.28. The van der Waals surface area contributed by atoms with Crippen molar-refractivity contribution in [3.8, 4) is 11.4 Å². The highest BCUT2D eigenvalue weighted by Gasteiger charge is 2.51. The van der Waals surface area contributed by atoms with Crippen LogP contribution in [0.25, 0.3) is 22.3 Å². The van der Waals surface area contributed by atoms with Gasteiger partial charge in [0.25, 0.3) is 5.56 Å². The standard InChI is InChI=1S/C39H43N5O7/c1-4-39(28-20-31-34-26(19-25-14-8-9-15-29(25)42-34)21-44(31)36(47)27(28)22-50-38(39)49)51-37(48)33(23(2)3)43-35(46)30(16-10-11-17-40)41-32(45)18-24-12-6-5-7-13-24/h5-9,12-15,19-20,23,30,33H,4,10-11,16-18,21-22,40H2,1-3H3,(H,41,45)(H,43,46)/t30?,33?,39-/m0/s1. The summed E-state index contributed by atoms with van der Waals surface area (Å²) in [4.78, 5) is 73.2. The molecule has 3 atom stereocenters. The molecule has 2 unspecified atom stereocenters. The minimum absolute atomic E-state index is 0.0263. The molecule has 0 fully saturated rings.